The van der Waals surface area contributed by atoms with Crippen LogP contribution >= 0.6 is 12.4 Å². The number of halogens is 1. The van der Waals surface area contributed by atoms with Gasteiger partial charge in [0, 0.05) is 12.4 Å². The van der Waals surface area contributed by atoms with E-state index in [-0.39, 0.29) is 12.4 Å². The summed E-state index contributed by atoms with van der Waals surface area (Å²) in [4.78, 5) is 14.8. The standard InChI is InChI=1S/C9H9NO2.ClH/c1-9(8(11)12)4-6-5-10-3-2-7(6)9;/h2-3,5H,4H2,1H3,(H,11,12);1H. The highest BCUT2D eigenvalue weighted by atomic mass is 35.5. The smallest absolute Gasteiger partial charge is 0.314 e. The predicted molar refractivity (Wildman–Crippen MR) is 50.2 cm³/mol. The Hall–Kier alpha value is -1.09. The van der Waals surface area contributed by atoms with Crippen molar-refractivity contribution in [2.45, 2.75) is 18.8 Å². The van der Waals surface area contributed by atoms with Gasteiger partial charge in [-0.1, -0.05) is 0 Å². The first kappa shape index (κ1) is 9.99. The topological polar surface area (TPSA) is 50.2 Å². The number of nitrogens with zero attached hydrogens (tertiary/aromatic N) is 1. The average Bonchev–Trinajstić information content (AvgIpc) is 2.02. The average molecular weight is 200 g/mol. The van der Waals surface area contributed by atoms with E-state index >= 15 is 0 Å². The molecule has 13 heavy (non-hydrogen) atoms. The number of carboxylic acid groups (broad SMARTS) is 1. The summed E-state index contributed by atoms with van der Waals surface area (Å²) in [6.07, 6.45) is 3.98. The monoisotopic (exact) mass is 199 g/mol. The zero-order valence-corrected chi connectivity index (χ0v) is 7.97. The Kier molecular flexibility index (Phi) is 2.30. The summed E-state index contributed by atoms with van der Waals surface area (Å²) >= 11 is 0. The van der Waals surface area contributed by atoms with Gasteiger partial charge in [0.25, 0.3) is 0 Å². The molecule has 2 rings (SSSR count). The second-order valence-corrected chi connectivity index (χ2v) is 3.35. The summed E-state index contributed by atoms with van der Waals surface area (Å²) in [5, 5.41) is 8.92. The number of fused-ring (bicyclic) bond motifs is 1. The maximum absolute atomic E-state index is 10.8. The van der Waals surface area contributed by atoms with Crippen molar-refractivity contribution in [2.75, 3.05) is 0 Å². The third-order valence-corrected chi connectivity index (χ3v) is 2.51. The summed E-state index contributed by atoms with van der Waals surface area (Å²) in [5.41, 5.74) is 1.30. The van der Waals surface area contributed by atoms with Crippen molar-refractivity contribution in [1.82, 2.24) is 4.98 Å². The van der Waals surface area contributed by atoms with Crippen molar-refractivity contribution in [2.24, 2.45) is 0 Å². The minimum atomic E-state index is -0.749. The molecular formula is C9H10ClNO2. The molecule has 1 atom stereocenters. The van der Waals surface area contributed by atoms with Gasteiger partial charge in [0.1, 0.15) is 0 Å². The van der Waals surface area contributed by atoms with Crippen molar-refractivity contribution in [1.29, 1.82) is 0 Å². The lowest BCUT2D eigenvalue weighted by Crippen LogP contribution is -2.43. The first-order chi connectivity index (χ1) is 5.64. The van der Waals surface area contributed by atoms with Crippen molar-refractivity contribution < 1.29 is 9.90 Å². The fraction of sp³-hybridized carbons (Fsp3) is 0.333. The van der Waals surface area contributed by atoms with Gasteiger partial charge in [0.15, 0.2) is 0 Å². The van der Waals surface area contributed by atoms with Gasteiger partial charge in [-0.15, -0.1) is 12.4 Å². The number of carbonyl (C=O) groups is 1. The van der Waals surface area contributed by atoms with E-state index in [1.54, 1.807) is 25.4 Å². The van der Waals surface area contributed by atoms with Crippen LogP contribution in [0.2, 0.25) is 0 Å². The van der Waals surface area contributed by atoms with Gasteiger partial charge in [0.2, 0.25) is 0 Å². The summed E-state index contributed by atoms with van der Waals surface area (Å²) < 4.78 is 0. The molecule has 0 spiro atoms. The quantitative estimate of drug-likeness (QED) is 0.744. The lowest BCUT2D eigenvalue weighted by atomic mass is 9.66. The normalized spacial score (nSPS) is 23.8. The summed E-state index contributed by atoms with van der Waals surface area (Å²) in [6, 6.07) is 1.78. The van der Waals surface area contributed by atoms with E-state index in [1.165, 1.54) is 0 Å². The number of hydrogen-bond donors (Lipinski definition) is 1. The van der Waals surface area contributed by atoms with Crippen LogP contribution < -0.4 is 0 Å². The molecule has 0 aliphatic heterocycles. The van der Waals surface area contributed by atoms with E-state index in [9.17, 15) is 4.79 Å². The number of carboxylic acids is 1. The Morgan fingerprint density at radius 3 is 2.92 bits per heavy atom. The minimum Gasteiger partial charge on any atom is -0.481 e. The van der Waals surface area contributed by atoms with Crippen molar-refractivity contribution >= 4 is 18.4 Å². The Labute approximate surface area is 82.2 Å². The van der Waals surface area contributed by atoms with Crippen LogP contribution in [-0.2, 0) is 16.6 Å². The second-order valence-electron chi connectivity index (χ2n) is 3.35. The van der Waals surface area contributed by atoms with E-state index in [2.05, 4.69) is 4.98 Å². The maximum atomic E-state index is 10.8. The van der Waals surface area contributed by atoms with Gasteiger partial charge in [-0.05, 0) is 30.5 Å². The fourth-order valence-electron chi connectivity index (χ4n) is 1.67. The van der Waals surface area contributed by atoms with Crippen molar-refractivity contribution in [3.05, 3.63) is 29.6 Å². The molecule has 1 aliphatic rings. The summed E-state index contributed by atoms with van der Waals surface area (Å²) in [6.45, 7) is 1.75. The molecule has 3 nitrogen and oxygen atoms in total. The molecule has 1 aromatic rings. The minimum absolute atomic E-state index is 0. The van der Waals surface area contributed by atoms with Crippen molar-refractivity contribution in [3.8, 4) is 0 Å². The second kappa shape index (κ2) is 3.00. The van der Waals surface area contributed by atoms with Crippen LogP contribution in [-0.4, -0.2) is 16.1 Å². The van der Waals surface area contributed by atoms with Gasteiger partial charge in [0.05, 0.1) is 5.41 Å². The van der Waals surface area contributed by atoms with E-state index in [1.807, 2.05) is 0 Å². The zero-order valence-electron chi connectivity index (χ0n) is 7.15. The molecule has 0 radical (unpaired) electrons. The molecule has 1 aromatic heterocycles. The maximum Gasteiger partial charge on any atom is 0.314 e. The fourth-order valence-corrected chi connectivity index (χ4v) is 1.67. The first-order valence-corrected chi connectivity index (χ1v) is 3.81. The largest absolute Gasteiger partial charge is 0.481 e. The number of aromatic nitrogens is 1. The summed E-state index contributed by atoms with van der Waals surface area (Å²) in [7, 11) is 0. The number of aliphatic carboxylic acids is 1. The highest BCUT2D eigenvalue weighted by molar-refractivity contribution is 5.85. The first-order valence-electron chi connectivity index (χ1n) is 3.81. The Morgan fingerprint density at radius 2 is 2.38 bits per heavy atom. The number of rotatable bonds is 1. The number of hydrogen-bond acceptors (Lipinski definition) is 2. The van der Waals surface area contributed by atoms with Crippen LogP contribution in [0, 0.1) is 0 Å². The lowest BCUT2D eigenvalue weighted by molar-refractivity contribution is -0.144. The summed E-state index contributed by atoms with van der Waals surface area (Å²) in [5.74, 6) is -0.749. The molecule has 0 fully saturated rings. The molecule has 1 aliphatic carbocycles. The Balaban J connectivity index is 0.000000845. The van der Waals surface area contributed by atoms with E-state index in [0.717, 1.165) is 11.1 Å². The Morgan fingerprint density at radius 1 is 1.69 bits per heavy atom. The van der Waals surface area contributed by atoms with Gasteiger partial charge < -0.3 is 5.11 Å². The molecule has 1 heterocycles. The van der Waals surface area contributed by atoms with Crippen LogP contribution in [0.5, 0.6) is 0 Å². The van der Waals surface area contributed by atoms with Crippen LogP contribution in [0.1, 0.15) is 18.1 Å². The molecule has 0 saturated carbocycles. The molecule has 0 bridgehead atoms. The van der Waals surface area contributed by atoms with Crippen molar-refractivity contribution in [3.63, 3.8) is 0 Å². The van der Waals surface area contributed by atoms with Gasteiger partial charge in [-0.25, -0.2) is 0 Å². The van der Waals surface area contributed by atoms with E-state index in [4.69, 9.17) is 5.11 Å². The van der Waals surface area contributed by atoms with Crippen LogP contribution in [0.15, 0.2) is 18.5 Å². The molecule has 1 unspecified atom stereocenters. The predicted octanol–water partition coefficient (Wildman–Crippen LogP) is 1.40. The Bertz CT molecular complexity index is 353. The molecule has 0 aromatic carbocycles. The molecule has 4 heteroatoms. The van der Waals surface area contributed by atoms with Gasteiger partial charge in [-0.2, -0.15) is 0 Å². The van der Waals surface area contributed by atoms with Crippen LogP contribution in [0.25, 0.3) is 0 Å². The highest BCUT2D eigenvalue weighted by Crippen LogP contribution is 2.40. The molecule has 1 N–H and O–H groups in total. The van der Waals surface area contributed by atoms with Crippen LogP contribution in [0.3, 0.4) is 0 Å². The molecular weight excluding hydrogens is 190 g/mol. The molecule has 0 amide bonds. The van der Waals surface area contributed by atoms with Crippen LogP contribution in [0.4, 0.5) is 0 Å². The van der Waals surface area contributed by atoms with E-state index < -0.39 is 11.4 Å². The third-order valence-electron chi connectivity index (χ3n) is 2.51. The lowest BCUT2D eigenvalue weighted by Gasteiger charge is -2.36. The van der Waals surface area contributed by atoms with E-state index in [0.29, 0.717) is 6.42 Å². The van der Waals surface area contributed by atoms with Gasteiger partial charge >= 0.3 is 5.97 Å². The number of pyridine rings is 1. The zero-order chi connectivity index (χ0) is 8.77. The highest BCUT2D eigenvalue weighted by Gasteiger charge is 2.44. The molecule has 0 saturated heterocycles. The SMILES string of the molecule is CC1(C(=O)O)Cc2cnccc21.Cl. The van der Waals surface area contributed by atoms with Gasteiger partial charge in [-0.3, -0.25) is 9.78 Å². The molecule has 70 valence electrons. The third kappa shape index (κ3) is 1.20.